The first-order valence-electron chi connectivity index (χ1n) is 8.99. The molecule has 0 aliphatic carbocycles. The van der Waals surface area contributed by atoms with E-state index in [0.29, 0.717) is 13.1 Å². The first-order chi connectivity index (χ1) is 10.6. The van der Waals surface area contributed by atoms with Crippen LogP contribution in [0.25, 0.3) is 0 Å². The summed E-state index contributed by atoms with van der Waals surface area (Å²) in [6, 6.07) is 0.0346. The van der Waals surface area contributed by atoms with Gasteiger partial charge in [-0.2, -0.15) is 0 Å². The van der Waals surface area contributed by atoms with Crippen LogP contribution >= 0.6 is 0 Å². The van der Waals surface area contributed by atoms with Gasteiger partial charge < -0.3 is 15.5 Å². The first-order valence-corrected chi connectivity index (χ1v) is 8.99. The molecule has 134 valence electrons. The molecule has 0 radical (unpaired) electrons. The van der Waals surface area contributed by atoms with Gasteiger partial charge in [-0.25, -0.2) is 0 Å². The summed E-state index contributed by atoms with van der Waals surface area (Å²) in [6.45, 7) is 14.0. The van der Waals surface area contributed by atoms with E-state index < -0.39 is 5.91 Å². The van der Waals surface area contributed by atoms with Crippen LogP contribution in [0, 0.1) is 0 Å². The van der Waals surface area contributed by atoms with E-state index in [1.54, 1.807) is 4.90 Å². The molecule has 23 heavy (non-hydrogen) atoms. The van der Waals surface area contributed by atoms with Crippen molar-refractivity contribution in [2.24, 2.45) is 0 Å². The van der Waals surface area contributed by atoms with E-state index in [2.05, 4.69) is 45.3 Å². The number of amides is 2. The Kier molecular flexibility index (Phi) is 7.05. The maximum absolute atomic E-state index is 12.4. The second kappa shape index (κ2) is 8.13. The molecule has 2 amide bonds. The molecule has 0 bridgehead atoms. The maximum Gasteiger partial charge on any atom is 0.311 e. The van der Waals surface area contributed by atoms with Crippen LogP contribution in [0.4, 0.5) is 0 Å². The van der Waals surface area contributed by atoms with Crippen molar-refractivity contribution in [2.45, 2.75) is 90.8 Å². The Bertz CT molecular complexity index is 402. The summed E-state index contributed by atoms with van der Waals surface area (Å²) in [5.41, 5.74) is -0.0951. The molecule has 0 atom stereocenters. The Hall–Kier alpha value is -1.10. The van der Waals surface area contributed by atoms with Gasteiger partial charge in [-0.15, -0.1) is 0 Å². The molecule has 0 spiro atoms. The van der Waals surface area contributed by atoms with Gasteiger partial charge in [-0.05, 0) is 53.4 Å². The summed E-state index contributed by atoms with van der Waals surface area (Å²) in [5, 5.41) is 6.56. The number of nitrogens with one attached hydrogen (secondary N) is 2. The van der Waals surface area contributed by atoms with Crippen LogP contribution in [0.2, 0.25) is 0 Å². The normalized spacial score (nSPS) is 20.1. The highest BCUT2D eigenvalue weighted by molar-refractivity contribution is 6.35. The predicted molar refractivity (Wildman–Crippen MR) is 94.2 cm³/mol. The summed E-state index contributed by atoms with van der Waals surface area (Å²) in [4.78, 5) is 26.5. The molecule has 2 N–H and O–H groups in total. The number of hydrogen-bond acceptors (Lipinski definition) is 3. The fraction of sp³-hybridized carbons (Fsp3) is 0.889. The molecular weight excluding hydrogens is 290 g/mol. The van der Waals surface area contributed by atoms with E-state index in [1.807, 2.05) is 6.92 Å². The van der Waals surface area contributed by atoms with Crippen molar-refractivity contribution in [2.75, 3.05) is 13.1 Å². The molecule has 1 rings (SSSR count). The number of carbonyl (C=O) groups is 2. The van der Waals surface area contributed by atoms with Crippen LogP contribution < -0.4 is 10.6 Å². The number of piperidine rings is 1. The standard InChI is InChI=1S/C18H35N3O2/c1-7-9-11-21(10-8-2)16(23)15(22)19-14-12-17(3,4)20-18(5,6)13-14/h14,20H,7-13H2,1-6H3,(H,19,22). The third kappa shape index (κ3) is 6.50. The lowest BCUT2D eigenvalue weighted by Gasteiger charge is -2.46. The highest BCUT2D eigenvalue weighted by Crippen LogP contribution is 2.28. The number of nitrogens with zero attached hydrogens (tertiary/aromatic N) is 1. The monoisotopic (exact) mass is 325 g/mol. The molecule has 0 unspecified atom stereocenters. The fourth-order valence-electron chi connectivity index (χ4n) is 3.75. The molecule has 0 saturated carbocycles. The Morgan fingerprint density at radius 3 is 2.09 bits per heavy atom. The molecule has 1 aliphatic rings. The average Bonchev–Trinajstić information content (AvgIpc) is 2.39. The summed E-state index contributed by atoms with van der Waals surface area (Å²) in [7, 11) is 0. The van der Waals surface area contributed by atoms with Crippen LogP contribution in [0.15, 0.2) is 0 Å². The smallest absolute Gasteiger partial charge is 0.311 e. The van der Waals surface area contributed by atoms with Crippen LogP contribution in [0.3, 0.4) is 0 Å². The van der Waals surface area contributed by atoms with Gasteiger partial charge in [-0.1, -0.05) is 20.3 Å². The zero-order valence-electron chi connectivity index (χ0n) is 15.8. The number of hydrogen-bond donors (Lipinski definition) is 2. The molecule has 1 fully saturated rings. The lowest BCUT2D eigenvalue weighted by Crippen LogP contribution is -2.63. The van der Waals surface area contributed by atoms with Crippen LogP contribution in [0.5, 0.6) is 0 Å². The highest BCUT2D eigenvalue weighted by atomic mass is 16.2. The number of carbonyl (C=O) groups excluding carboxylic acids is 2. The summed E-state index contributed by atoms with van der Waals surface area (Å²) in [5.74, 6) is -0.831. The lowest BCUT2D eigenvalue weighted by atomic mass is 9.79. The second-order valence-corrected chi connectivity index (χ2v) is 8.12. The quantitative estimate of drug-likeness (QED) is 0.738. The second-order valence-electron chi connectivity index (χ2n) is 8.12. The Morgan fingerprint density at radius 1 is 1.04 bits per heavy atom. The van der Waals surface area contributed by atoms with Gasteiger partial charge in [0.2, 0.25) is 0 Å². The minimum absolute atomic E-state index is 0.0346. The van der Waals surface area contributed by atoms with Crippen molar-refractivity contribution in [3.63, 3.8) is 0 Å². The third-order valence-corrected chi connectivity index (χ3v) is 4.28. The van der Waals surface area contributed by atoms with Crippen LogP contribution in [0.1, 0.15) is 73.6 Å². The minimum atomic E-state index is -0.451. The highest BCUT2D eigenvalue weighted by Gasteiger charge is 2.39. The van der Waals surface area contributed by atoms with Gasteiger partial charge in [0.05, 0.1) is 0 Å². The molecule has 1 saturated heterocycles. The van der Waals surface area contributed by atoms with Crippen molar-refractivity contribution in [3.8, 4) is 0 Å². The number of rotatable bonds is 6. The fourth-order valence-corrected chi connectivity index (χ4v) is 3.75. The molecular formula is C18H35N3O2. The van der Waals surface area contributed by atoms with Crippen LogP contribution in [-0.2, 0) is 9.59 Å². The van der Waals surface area contributed by atoms with E-state index >= 15 is 0 Å². The minimum Gasteiger partial charge on any atom is -0.345 e. The van der Waals surface area contributed by atoms with E-state index in [9.17, 15) is 9.59 Å². The van der Waals surface area contributed by atoms with Gasteiger partial charge in [0.15, 0.2) is 0 Å². The maximum atomic E-state index is 12.4. The van der Waals surface area contributed by atoms with E-state index in [1.165, 1.54) is 0 Å². The van der Waals surface area contributed by atoms with Crippen molar-refractivity contribution in [1.29, 1.82) is 0 Å². The van der Waals surface area contributed by atoms with Crippen molar-refractivity contribution >= 4 is 11.8 Å². The van der Waals surface area contributed by atoms with E-state index in [4.69, 9.17) is 0 Å². The molecule has 0 aromatic rings. The van der Waals surface area contributed by atoms with Gasteiger partial charge in [-0.3, -0.25) is 9.59 Å². The van der Waals surface area contributed by atoms with E-state index in [0.717, 1.165) is 32.1 Å². The Labute approximate surface area is 141 Å². The molecule has 1 aliphatic heterocycles. The summed E-state index contributed by atoms with van der Waals surface area (Å²) < 4.78 is 0. The van der Waals surface area contributed by atoms with Crippen LogP contribution in [-0.4, -0.2) is 46.9 Å². The Balaban J connectivity index is 2.67. The Morgan fingerprint density at radius 2 is 1.61 bits per heavy atom. The number of unbranched alkanes of at least 4 members (excludes halogenated alkanes) is 1. The molecule has 5 nitrogen and oxygen atoms in total. The molecule has 0 aromatic heterocycles. The largest absolute Gasteiger partial charge is 0.345 e. The van der Waals surface area contributed by atoms with E-state index in [-0.39, 0.29) is 23.0 Å². The average molecular weight is 325 g/mol. The van der Waals surface area contributed by atoms with Gasteiger partial charge in [0, 0.05) is 30.2 Å². The topological polar surface area (TPSA) is 61.4 Å². The van der Waals surface area contributed by atoms with Gasteiger partial charge in [0.25, 0.3) is 0 Å². The molecule has 1 heterocycles. The van der Waals surface area contributed by atoms with Crippen molar-refractivity contribution in [3.05, 3.63) is 0 Å². The van der Waals surface area contributed by atoms with Gasteiger partial charge in [0.1, 0.15) is 0 Å². The van der Waals surface area contributed by atoms with Gasteiger partial charge >= 0.3 is 11.8 Å². The SMILES string of the molecule is CCCCN(CCC)C(=O)C(=O)NC1CC(C)(C)NC(C)(C)C1. The third-order valence-electron chi connectivity index (χ3n) is 4.28. The summed E-state index contributed by atoms with van der Waals surface area (Å²) in [6.07, 6.45) is 4.49. The summed E-state index contributed by atoms with van der Waals surface area (Å²) >= 11 is 0. The van der Waals surface area contributed by atoms with Crippen molar-refractivity contribution in [1.82, 2.24) is 15.5 Å². The predicted octanol–water partition coefficient (Wildman–Crippen LogP) is 2.45. The van der Waals surface area contributed by atoms with Crippen molar-refractivity contribution < 1.29 is 9.59 Å². The lowest BCUT2D eigenvalue weighted by molar-refractivity contribution is -0.146. The zero-order chi connectivity index (χ0) is 17.7. The molecule has 0 aromatic carbocycles. The zero-order valence-corrected chi connectivity index (χ0v) is 15.8. The first kappa shape index (κ1) is 19.9. The molecule has 5 heteroatoms.